The smallest absolute Gasteiger partial charge is 0.305 e. The van der Waals surface area contributed by atoms with Crippen LogP contribution in [0, 0.1) is 29.1 Å². The molecule has 7 rings (SSSR count). The fraction of sp³-hybridized carbons (Fsp3) is 0.530. The van der Waals surface area contributed by atoms with Crippen molar-refractivity contribution in [1.29, 1.82) is 5.41 Å². The van der Waals surface area contributed by atoms with Crippen LogP contribution in [0.2, 0.25) is 0 Å². The van der Waals surface area contributed by atoms with E-state index < -0.39 is 223 Å². The van der Waals surface area contributed by atoms with E-state index in [-0.39, 0.29) is 118 Å². The van der Waals surface area contributed by atoms with Gasteiger partial charge in [0.15, 0.2) is 17.3 Å². The highest BCUT2D eigenvalue weighted by Gasteiger charge is 2.46. The molecule has 4 aromatic rings. The van der Waals surface area contributed by atoms with Crippen molar-refractivity contribution in [3.63, 3.8) is 0 Å². The first-order valence-corrected chi connectivity index (χ1v) is 43.9. The Bertz CT molecular complexity index is 4320. The number of benzene rings is 3. The number of Topliss-reactive ketones (excluding diaryl/α,β-unsaturated/α-hetero) is 4. The quantitative estimate of drug-likeness (QED) is 0.0173. The number of nitrogens with two attached hydrogens (primary N) is 2. The van der Waals surface area contributed by atoms with Crippen LogP contribution in [-0.2, 0) is 112 Å². The standard InChI is InChI=1S/C83H110N14O21S3/c1-47(98)31-53(27-30-119-3)75(110)94-63-45-121-43-52-20-12-19-51(32-52)42-120-44-62(93-77(112)54(33-49-15-6-4-7-16-49)35-66(100)58(25-26-70(103)104)89-81(116)73(48(2)99)95-80(115)64-22-13-28-96(64)83(118)65-23-14-29-97(65)82(63)117)68(102)37-56(38-71(105)106)78(113)91-60(39-57-41-87-46-88-57)67(101)36-55(34-50-17-8-5-9-18-50)76(111)90-59(21-10-11-24-69(84)85)79(114)92-61(74(86)109)40-72(107)108/h4-9,12,15-20,32,41,46,48,53-56,58-65,73,99H,10-11,13-14,21-31,33-40,42-45H2,1-3H3,(H3,84,85)(H2,86,109)(H,87,88)(H,89,116)(H,90,111)(H,91,113)(H,92,114)(H,93,112)(H,94,110)(H,95,115)(H,103,104)(H,105,106)(H,107,108)/t48-,53+,54-,55-,56+,58+,59+,60+,61+,62+,63+,64+,65+,73+/m1/s1. The number of aromatic amines is 1. The SMILES string of the molecule is CSCC[C@@H](CC(C)=O)C(=O)N[C@H]1CSCc2cccc(c2)CSC[C@@H](C(=O)C[C@@H](CC(=O)O)C(=O)N[C@@H](Cc2c[nH]cn2)C(=O)C[C@@H](Cc2ccccc2)C(=O)N[C@@H](CCCCC(=N)N)C(=O)N[C@@H](CC(=O)O)C(N)=O)NC(=O)[C@H](Cc2ccccc2)CC(=O)[C@H](CCC(=O)O)NC(=O)[C@H]([C@@H](C)O)NC(=O)[C@@H]2CCCN2C(=O)[C@@H]2CCCN2C1=O. The van der Waals surface area contributed by atoms with Crippen LogP contribution in [-0.4, -0.2) is 243 Å². The fourth-order valence-electron chi connectivity index (χ4n) is 14.8. The van der Waals surface area contributed by atoms with Gasteiger partial charge in [0.25, 0.3) is 0 Å². The normalized spacial score (nSPS) is 20.9. The maximum atomic E-state index is 15.4. The Balaban J connectivity index is 1.25. The number of aromatic nitrogens is 2. The van der Waals surface area contributed by atoms with Gasteiger partial charge in [-0.1, -0.05) is 91.3 Å². The van der Waals surface area contributed by atoms with E-state index in [1.807, 2.05) is 18.4 Å². The predicted molar refractivity (Wildman–Crippen MR) is 448 cm³/mol. The number of carboxylic acids is 3. The number of aliphatic carboxylic acids is 3. The van der Waals surface area contributed by atoms with Crippen LogP contribution in [0.3, 0.4) is 0 Å². The number of ketones is 4. The zero-order chi connectivity index (χ0) is 88.4. The highest BCUT2D eigenvalue weighted by atomic mass is 32.2. The first-order valence-electron chi connectivity index (χ1n) is 40.2. The number of carboxylic acid groups (broad SMARTS) is 3. The molecule has 35 nitrogen and oxygen atoms in total. The van der Waals surface area contributed by atoms with Gasteiger partial charge in [-0.2, -0.15) is 35.3 Å². The third-order valence-corrected chi connectivity index (χ3v) is 24.0. The van der Waals surface area contributed by atoms with Crippen LogP contribution in [0.5, 0.6) is 0 Å². The Hall–Kier alpha value is -10.9. The first-order chi connectivity index (χ1) is 57.7. The Morgan fingerprint density at radius 3 is 1.85 bits per heavy atom. The summed E-state index contributed by atoms with van der Waals surface area (Å²) in [6.45, 7) is 2.71. The van der Waals surface area contributed by atoms with Gasteiger partial charge in [0.05, 0.1) is 60.8 Å². The van der Waals surface area contributed by atoms with Crippen LogP contribution in [0.1, 0.15) is 151 Å². The zero-order valence-corrected chi connectivity index (χ0v) is 70.3. The van der Waals surface area contributed by atoms with Crippen molar-refractivity contribution in [3.05, 3.63) is 125 Å². The van der Waals surface area contributed by atoms with E-state index in [4.69, 9.17) is 16.9 Å². The first kappa shape index (κ1) is 97.3. The molecule has 0 aliphatic carbocycles. The Morgan fingerprint density at radius 2 is 1.25 bits per heavy atom. The van der Waals surface area contributed by atoms with E-state index in [9.17, 15) is 78.0 Å². The number of thioether (sulfide) groups is 3. The Labute approximate surface area is 713 Å². The van der Waals surface area contributed by atoms with Gasteiger partial charge in [0, 0.05) is 105 Å². The van der Waals surface area contributed by atoms with Crippen LogP contribution in [0.25, 0.3) is 0 Å². The molecule has 10 amide bonds. The van der Waals surface area contributed by atoms with Crippen molar-refractivity contribution >= 4 is 141 Å². The van der Waals surface area contributed by atoms with Crippen molar-refractivity contribution < 1.29 is 102 Å². The second-order valence-corrected chi connectivity index (χ2v) is 33.8. The lowest BCUT2D eigenvalue weighted by Crippen LogP contribution is -2.60. The number of H-pyrrole nitrogens is 1. The molecule has 14 atom stereocenters. The summed E-state index contributed by atoms with van der Waals surface area (Å²) in [5.41, 5.74) is 13.7. The summed E-state index contributed by atoms with van der Waals surface area (Å²) >= 11 is 3.89. The summed E-state index contributed by atoms with van der Waals surface area (Å²) in [4.78, 5) is 249. The molecule has 3 aromatic carbocycles. The second kappa shape index (κ2) is 49.2. The molecule has 0 radical (unpaired) electrons. The third kappa shape index (κ3) is 31.9. The number of unbranched alkanes of at least 4 members (excludes halogenated alkanes) is 1. The van der Waals surface area contributed by atoms with Gasteiger partial charge >= 0.3 is 17.9 Å². The number of fused-ring (bicyclic) bond motifs is 4. The van der Waals surface area contributed by atoms with E-state index in [1.165, 1.54) is 59.7 Å². The number of primary amides is 1. The molecule has 0 spiro atoms. The molecule has 17 N–H and O–H groups in total. The van der Waals surface area contributed by atoms with E-state index in [0.29, 0.717) is 41.7 Å². The Morgan fingerprint density at radius 1 is 0.628 bits per heavy atom. The molecule has 2 saturated heterocycles. The Kier molecular flexibility index (Phi) is 39.5. The van der Waals surface area contributed by atoms with Crippen molar-refractivity contribution in [2.75, 3.05) is 36.6 Å². The van der Waals surface area contributed by atoms with Crippen molar-refractivity contribution in [2.45, 2.75) is 214 Å². The molecule has 3 aliphatic heterocycles. The number of nitrogens with one attached hydrogen (secondary N) is 9. The number of carbonyl (C=O) groups is 17. The summed E-state index contributed by atoms with van der Waals surface area (Å²) in [5.74, 6) is -21.1. The minimum Gasteiger partial charge on any atom is -0.481 e. The van der Waals surface area contributed by atoms with Gasteiger partial charge < -0.3 is 88.7 Å². The molecular formula is C83H110N14O21S3. The topological polar surface area (TPSA) is 566 Å². The number of amides is 10. The van der Waals surface area contributed by atoms with Gasteiger partial charge in [-0.3, -0.25) is 82.1 Å². The van der Waals surface area contributed by atoms with Gasteiger partial charge in [-0.05, 0) is 112 Å². The molecule has 1 aromatic heterocycles. The fourth-order valence-corrected chi connectivity index (χ4v) is 17.3. The molecule has 3 aliphatic rings. The minimum atomic E-state index is -1.84. The second-order valence-electron chi connectivity index (χ2n) is 30.8. The van der Waals surface area contributed by atoms with Crippen LogP contribution < -0.4 is 48.7 Å². The number of hydrogen-bond donors (Lipinski definition) is 15. The van der Waals surface area contributed by atoms with Crippen molar-refractivity contribution in [1.82, 2.24) is 57.0 Å². The number of nitrogens with zero attached hydrogens (tertiary/aromatic N) is 3. The largest absolute Gasteiger partial charge is 0.481 e. The summed E-state index contributed by atoms with van der Waals surface area (Å²) < 4.78 is 0. The monoisotopic (exact) mass is 1730 g/mol. The molecule has 4 heterocycles. The number of aliphatic hydroxyl groups excluding tert-OH is 1. The highest BCUT2D eigenvalue weighted by molar-refractivity contribution is 7.99. The lowest BCUT2D eigenvalue weighted by atomic mass is 9.88. The summed E-state index contributed by atoms with van der Waals surface area (Å²) in [6.07, 6.45) is -1.88. The van der Waals surface area contributed by atoms with Gasteiger partial charge in [0.1, 0.15) is 42.0 Å². The number of carbonyl (C=O) groups excluding carboxylic acids is 14. The third-order valence-electron chi connectivity index (χ3n) is 21.1. The maximum Gasteiger partial charge on any atom is 0.305 e. The lowest BCUT2D eigenvalue weighted by molar-refractivity contribution is -0.148. The summed E-state index contributed by atoms with van der Waals surface area (Å²) in [5, 5.41) is 67.1. The number of hydrogen-bond acceptors (Lipinski definition) is 23. The summed E-state index contributed by atoms with van der Waals surface area (Å²) in [7, 11) is 0. The molecule has 0 unspecified atom stereocenters. The average molecular weight is 1740 g/mol. The number of imidazole rings is 1. The molecule has 2 fully saturated rings. The zero-order valence-electron chi connectivity index (χ0n) is 67.9. The maximum absolute atomic E-state index is 15.4. The van der Waals surface area contributed by atoms with Crippen molar-refractivity contribution in [3.8, 4) is 0 Å². The van der Waals surface area contributed by atoms with Gasteiger partial charge in [0.2, 0.25) is 59.1 Å². The lowest BCUT2D eigenvalue weighted by Gasteiger charge is -2.34. The van der Waals surface area contributed by atoms with Crippen molar-refractivity contribution in [2.24, 2.45) is 35.1 Å². The van der Waals surface area contributed by atoms with Crippen LogP contribution in [0.15, 0.2) is 97.5 Å². The minimum absolute atomic E-state index is 0.0140. The number of aliphatic hydroxyl groups is 1. The van der Waals surface area contributed by atoms with Crippen LogP contribution >= 0.6 is 35.3 Å². The van der Waals surface area contributed by atoms with Crippen LogP contribution in [0.4, 0.5) is 0 Å². The number of amidine groups is 1. The number of rotatable bonds is 39. The van der Waals surface area contributed by atoms with Gasteiger partial charge in [-0.15, -0.1) is 0 Å². The molecule has 656 valence electrons. The molecular weight excluding hydrogens is 1630 g/mol. The molecule has 121 heavy (non-hydrogen) atoms. The average Bonchev–Trinajstić information content (AvgIpc) is 1.67. The molecule has 0 saturated carbocycles. The van der Waals surface area contributed by atoms with E-state index in [2.05, 4.69) is 47.2 Å². The predicted octanol–water partition coefficient (Wildman–Crippen LogP) is 2.24. The molecule has 38 heteroatoms. The summed E-state index contributed by atoms with van der Waals surface area (Å²) in [6, 6.07) is 10.3. The van der Waals surface area contributed by atoms with E-state index in [0.717, 1.165) is 17.3 Å². The van der Waals surface area contributed by atoms with E-state index in [1.54, 1.807) is 72.8 Å². The molecule has 2 bridgehead atoms. The highest BCUT2D eigenvalue weighted by Crippen LogP contribution is 2.30. The van der Waals surface area contributed by atoms with Gasteiger partial charge in [-0.25, -0.2) is 4.98 Å². The van der Waals surface area contributed by atoms with E-state index >= 15 is 24.0 Å².